The number of carbonyl (C=O) groups excluding carboxylic acids is 1. The van der Waals surface area contributed by atoms with Crippen LogP contribution in [0.3, 0.4) is 0 Å². The molecule has 1 aliphatic rings. The van der Waals surface area contributed by atoms with Gasteiger partial charge in [-0.05, 0) is 42.4 Å². The Labute approximate surface area is 140 Å². The van der Waals surface area contributed by atoms with E-state index in [4.69, 9.17) is 12.2 Å². The molecule has 0 bridgehead atoms. The van der Waals surface area contributed by atoms with E-state index in [0.717, 1.165) is 17.7 Å². The SMILES string of the molecule is CCc1ccccc1N1C(=O)/C(=C\c2ccccc2O)NC1=S. The van der Waals surface area contributed by atoms with Gasteiger partial charge in [0.05, 0.1) is 5.69 Å². The standard InChI is InChI=1S/C18H16N2O2S/c1-2-12-7-3-5-9-15(12)20-17(22)14(19-18(20)23)11-13-8-4-6-10-16(13)21/h3-11,21H,2H2,1H3,(H,19,23)/b14-11+. The van der Waals surface area contributed by atoms with Crippen molar-refractivity contribution in [3.8, 4) is 5.75 Å². The third-order valence-corrected chi connectivity index (χ3v) is 4.01. The van der Waals surface area contributed by atoms with Gasteiger partial charge in [0.15, 0.2) is 5.11 Å². The fourth-order valence-electron chi connectivity index (χ4n) is 2.55. The molecule has 116 valence electrons. The number of amides is 1. The van der Waals surface area contributed by atoms with Gasteiger partial charge in [-0.25, -0.2) is 0 Å². The lowest BCUT2D eigenvalue weighted by molar-refractivity contribution is -0.113. The summed E-state index contributed by atoms with van der Waals surface area (Å²) in [4.78, 5) is 14.2. The zero-order valence-corrected chi connectivity index (χ0v) is 13.4. The Kier molecular flexibility index (Phi) is 4.12. The first-order valence-electron chi connectivity index (χ1n) is 7.35. The van der Waals surface area contributed by atoms with Gasteiger partial charge in [-0.2, -0.15) is 0 Å². The lowest BCUT2D eigenvalue weighted by Gasteiger charge is -2.17. The van der Waals surface area contributed by atoms with E-state index >= 15 is 0 Å². The molecule has 0 saturated carbocycles. The molecule has 2 N–H and O–H groups in total. The number of phenolic OH excluding ortho intramolecular Hbond substituents is 1. The third-order valence-electron chi connectivity index (χ3n) is 3.73. The van der Waals surface area contributed by atoms with E-state index in [1.165, 1.54) is 4.90 Å². The van der Waals surface area contributed by atoms with Gasteiger partial charge in [0.2, 0.25) is 0 Å². The molecule has 0 unspecified atom stereocenters. The van der Waals surface area contributed by atoms with Crippen LogP contribution in [0.1, 0.15) is 18.1 Å². The molecule has 23 heavy (non-hydrogen) atoms. The van der Waals surface area contributed by atoms with Crippen LogP contribution in [0.2, 0.25) is 0 Å². The minimum absolute atomic E-state index is 0.118. The molecule has 2 aromatic carbocycles. The van der Waals surface area contributed by atoms with Gasteiger partial charge in [0, 0.05) is 5.56 Å². The third kappa shape index (κ3) is 2.83. The molecule has 1 aliphatic heterocycles. The number of phenols is 1. The fraction of sp³-hybridized carbons (Fsp3) is 0.111. The molecule has 0 spiro atoms. The number of nitrogens with one attached hydrogen (secondary N) is 1. The van der Waals surface area contributed by atoms with Crippen LogP contribution in [0.25, 0.3) is 6.08 Å². The average molecular weight is 324 g/mol. The number of para-hydroxylation sites is 2. The Bertz CT molecular complexity index is 814. The van der Waals surface area contributed by atoms with Gasteiger partial charge >= 0.3 is 0 Å². The van der Waals surface area contributed by atoms with Crippen LogP contribution in [-0.4, -0.2) is 16.1 Å². The van der Waals surface area contributed by atoms with Crippen molar-refractivity contribution in [1.82, 2.24) is 5.32 Å². The van der Waals surface area contributed by atoms with Crippen LogP contribution in [0.15, 0.2) is 54.2 Å². The van der Waals surface area contributed by atoms with Gasteiger partial charge in [0.1, 0.15) is 11.4 Å². The van der Waals surface area contributed by atoms with Crippen molar-refractivity contribution in [2.24, 2.45) is 0 Å². The Hall–Kier alpha value is -2.66. The number of aromatic hydroxyl groups is 1. The summed E-state index contributed by atoms with van der Waals surface area (Å²) in [7, 11) is 0. The van der Waals surface area contributed by atoms with Crippen molar-refractivity contribution < 1.29 is 9.90 Å². The number of hydrogen-bond donors (Lipinski definition) is 2. The minimum Gasteiger partial charge on any atom is -0.507 e. The zero-order chi connectivity index (χ0) is 16.4. The lowest BCUT2D eigenvalue weighted by atomic mass is 10.1. The van der Waals surface area contributed by atoms with E-state index in [0.29, 0.717) is 16.4 Å². The molecule has 1 heterocycles. The number of thiocarbonyl (C=S) groups is 1. The summed E-state index contributed by atoms with van der Waals surface area (Å²) in [6.07, 6.45) is 2.42. The molecule has 0 radical (unpaired) electrons. The molecule has 0 aliphatic carbocycles. The number of anilines is 1. The van der Waals surface area contributed by atoms with Crippen molar-refractivity contribution in [2.45, 2.75) is 13.3 Å². The summed E-state index contributed by atoms with van der Waals surface area (Å²) in [6.45, 7) is 2.04. The van der Waals surface area contributed by atoms with Crippen LogP contribution in [0.5, 0.6) is 5.75 Å². The monoisotopic (exact) mass is 324 g/mol. The topological polar surface area (TPSA) is 52.6 Å². The number of aryl methyl sites for hydroxylation is 1. The maximum Gasteiger partial charge on any atom is 0.281 e. The molecule has 2 aromatic rings. The molecule has 0 aromatic heterocycles. The second-order valence-electron chi connectivity index (χ2n) is 5.17. The smallest absolute Gasteiger partial charge is 0.281 e. The van der Waals surface area contributed by atoms with Crippen LogP contribution >= 0.6 is 12.2 Å². The summed E-state index contributed by atoms with van der Waals surface area (Å²) >= 11 is 5.32. The number of nitrogens with zero attached hydrogens (tertiary/aromatic N) is 1. The van der Waals surface area contributed by atoms with E-state index in [9.17, 15) is 9.90 Å². The maximum absolute atomic E-state index is 12.7. The zero-order valence-electron chi connectivity index (χ0n) is 12.6. The molecule has 0 atom stereocenters. The van der Waals surface area contributed by atoms with Crippen LogP contribution < -0.4 is 10.2 Å². The maximum atomic E-state index is 12.7. The Balaban J connectivity index is 1.99. The number of carbonyl (C=O) groups is 1. The second kappa shape index (κ2) is 6.22. The molecular formula is C18H16N2O2S. The van der Waals surface area contributed by atoms with Crippen molar-refractivity contribution >= 4 is 35.0 Å². The summed E-state index contributed by atoms with van der Waals surface area (Å²) in [5, 5.41) is 13.1. The van der Waals surface area contributed by atoms with Crippen molar-refractivity contribution in [3.05, 3.63) is 65.4 Å². The van der Waals surface area contributed by atoms with Gasteiger partial charge < -0.3 is 10.4 Å². The van der Waals surface area contributed by atoms with E-state index in [2.05, 4.69) is 5.32 Å². The second-order valence-corrected chi connectivity index (χ2v) is 5.56. The highest BCUT2D eigenvalue weighted by Gasteiger charge is 2.33. The van der Waals surface area contributed by atoms with Crippen molar-refractivity contribution in [1.29, 1.82) is 0 Å². The van der Waals surface area contributed by atoms with E-state index < -0.39 is 0 Å². The highest BCUT2D eigenvalue weighted by molar-refractivity contribution is 7.80. The van der Waals surface area contributed by atoms with Gasteiger partial charge in [-0.1, -0.05) is 43.3 Å². The highest BCUT2D eigenvalue weighted by Crippen LogP contribution is 2.27. The highest BCUT2D eigenvalue weighted by atomic mass is 32.1. The molecule has 3 rings (SSSR count). The van der Waals surface area contributed by atoms with Crippen molar-refractivity contribution in [2.75, 3.05) is 4.90 Å². The van der Waals surface area contributed by atoms with E-state index in [-0.39, 0.29) is 11.7 Å². The summed E-state index contributed by atoms with van der Waals surface area (Å²) in [5.74, 6) is -0.105. The van der Waals surface area contributed by atoms with E-state index in [1.807, 2.05) is 31.2 Å². The molecule has 4 nitrogen and oxygen atoms in total. The average Bonchev–Trinajstić information content (AvgIpc) is 2.83. The predicted molar refractivity (Wildman–Crippen MR) is 95.1 cm³/mol. The molecular weight excluding hydrogens is 308 g/mol. The van der Waals surface area contributed by atoms with Crippen LogP contribution in [0, 0.1) is 0 Å². The Morgan fingerprint density at radius 2 is 1.87 bits per heavy atom. The van der Waals surface area contributed by atoms with Crippen LogP contribution in [0.4, 0.5) is 5.69 Å². The minimum atomic E-state index is -0.223. The predicted octanol–water partition coefficient (Wildman–Crippen LogP) is 3.22. The molecule has 1 fully saturated rings. The normalized spacial score (nSPS) is 16.0. The summed E-state index contributed by atoms with van der Waals surface area (Å²) < 4.78 is 0. The Morgan fingerprint density at radius 1 is 1.17 bits per heavy atom. The number of benzene rings is 2. The van der Waals surface area contributed by atoms with Gasteiger partial charge in [-0.15, -0.1) is 0 Å². The molecule has 1 saturated heterocycles. The van der Waals surface area contributed by atoms with Gasteiger partial charge in [-0.3, -0.25) is 9.69 Å². The molecule has 5 heteroatoms. The summed E-state index contributed by atoms with van der Waals surface area (Å²) in [6, 6.07) is 14.5. The van der Waals surface area contributed by atoms with Crippen LogP contribution in [-0.2, 0) is 11.2 Å². The Morgan fingerprint density at radius 3 is 2.61 bits per heavy atom. The van der Waals surface area contributed by atoms with E-state index in [1.54, 1.807) is 30.3 Å². The first kappa shape index (κ1) is 15.2. The van der Waals surface area contributed by atoms with Crippen molar-refractivity contribution in [3.63, 3.8) is 0 Å². The first-order chi connectivity index (χ1) is 11.1. The largest absolute Gasteiger partial charge is 0.507 e. The molecule has 1 amide bonds. The number of rotatable bonds is 3. The number of hydrogen-bond acceptors (Lipinski definition) is 3. The summed E-state index contributed by atoms with van der Waals surface area (Å²) in [5.41, 5.74) is 2.76. The lowest BCUT2D eigenvalue weighted by Crippen LogP contribution is -2.31. The van der Waals surface area contributed by atoms with Gasteiger partial charge in [0.25, 0.3) is 5.91 Å². The fourth-order valence-corrected chi connectivity index (χ4v) is 2.84. The first-order valence-corrected chi connectivity index (χ1v) is 7.75. The quantitative estimate of drug-likeness (QED) is 0.672.